The van der Waals surface area contributed by atoms with Gasteiger partial charge in [-0.15, -0.1) is 0 Å². The van der Waals surface area contributed by atoms with E-state index in [2.05, 4.69) is 5.32 Å². The molecule has 172 valence electrons. The molecule has 1 aliphatic heterocycles. The fourth-order valence-electron chi connectivity index (χ4n) is 4.87. The van der Waals surface area contributed by atoms with Gasteiger partial charge in [-0.2, -0.15) is 0 Å². The maximum Gasteiger partial charge on any atom is 0.247 e. The van der Waals surface area contributed by atoms with Gasteiger partial charge in [0.1, 0.15) is 11.9 Å². The normalized spacial score (nSPS) is 17.6. The van der Waals surface area contributed by atoms with Gasteiger partial charge in [0, 0.05) is 12.2 Å². The van der Waals surface area contributed by atoms with E-state index < -0.39 is 6.04 Å². The van der Waals surface area contributed by atoms with Crippen molar-refractivity contribution in [1.29, 1.82) is 0 Å². The van der Waals surface area contributed by atoms with Crippen molar-refractivity contribution in [3.05, 3.63) is 95.3 Å². The molecule has 0 bridgehead atoms. The highest BCUT2D eigenvalue weighted by molar-refractivity contribution is 5.97. The Balaban J connectivity index is 1.52. The van der Waals surface area contributed by atoms with Crippen LogP contribution in [0.15, 0.2) is 72.8 Å². The summed E-state index contributed by atoms with van der Waals surface area (Å²) in [6.07, 6.45) is 0.0397. The van der Waals surface area contributed by atoms with Crippen LogP contribution in [0.1, 0.15) is 47.9 Å². The number of carbonyl (C=O) groups excluding carboxylic acids is 2. The van der Waals surface area contributed by atoms with Crippen molar-refractivity contribution in [2.24, 2.45) is 0 Å². The summed E-state index contributed by atoms with van der Waals surface area (Å²) in [5, 5.41) is 3.05. The lowest BCUT2D eigenvalue weighted by atomic mass is 10.0. The third kappa shape index (κ3) is 3.85. The lowest BCUT2D eigenvalue weighted by Crippen LogP contribution is -2.45. The number of imidazole rings is 1. The second kappa shape index (κ2) is 8.78. The fraction of sp³-hybridized carbons (Fsp3) is 0.250. The van der Waals surface area contributed by atoms with E-state index in [4.69, 9.17) is 4.98 Å². The van der Waals surface area contributed by atoms with Crippen LogP contribution in [-0.2, 0) is 16.1 Å². The highest BCUT2D eigenvalue weighted by Crippen LogP contribution is 2.37. The van der Waals surface area contributed by atoms with E-state index in [1.165, 1.54) is 0 Å². The van der Waals surface area contributed by atoms with Gasteiger partial charge in [-0.1, -0.05) is 60.7 Å². The molecule has 3 aromatic carbocycles. The van der Waals surface area contributed by atoms with Crippen molar-refractivity contribution in [3.63, 3.8) is 0 Å². The molecule has 2 heterocycles. The molecule has 0 aliphatic carbocycles. The maximum atomic E-state index is 13.9. The molecule has 0 spiro atoms. The lowest BCUT2D eigenvalue weighted by molar-refractivity contribution is -0.142. The molecule has 1 N–H and O–H groups in total. The average Bonchev–Trinajstić information content (AvgIpc) is 3.22. The summed E-state index contributed by atoms with van der Waals surface area (Å²) in [5.74, 6) is 0.555. The zero-order valence-corrected chi connectivity index (χ0v) is 19.7. The van der Waals surface area contributed by atoms with Gasteiger partial charge in [0.25, 0.3) is 0 Å². The second-order valence-corrected chi connectivity index (χ2v) is 8.99. The number of aromatic nitrogens is 2. The van der Waals surface area contributed by atoms with Crippen LogP contribution in [0.25, 0.3) is 11.0 Å². The second-order valence-electron chi connectivity index (χ2n) is 8.99. The number of hydrogen-bond acceptors (Lipinski definition) is 3. The first kappa shape index (κ1) is 21.9. The summed E-state index contributed by atoms with van der Waals surface area (Å²) in [4.78, 5) is 33.8. The van der Waals surface area contributed by atoms with Crippen molar-refractivity contribution < 1.29 is 9.59 Å². The van der Waals surface area contributed by atoms with Crippen LogP contribution in [0.5, 0.6) is 0 Å². The smallest absolute Gasteiger partial charge is 0.247 e. The Bertz CT molecular complexity index is 1360. The van der Waals surface area contributed by atoms with E-state index >= 15 is 0 Å². The number of aryl methyl sites for hydroxylation is 2. The summed E-state index contributed by atoms with van der Waals surface area (Å²) in [6, 6.07) is 22.8. The summed E-state index contributed by atoms with van der Waals surface area (Å²) >= 11 is 0. The Hall–Kier alpha value is -3.93. The monoisotopic (exact) mass is 452 g/mol. The van der Waals surface area contributed by atoms with Crippen molar-refractivity contribution >= 4 is 28.5 Å². The van der Waals surface area contributed by atoms with Gasteiger partial charge in [-0.25, -0.2) is 4.98 Å². The summed E-state index contributed by atoms with van der Waals surface area (Å²) in [6.45, 7) is 6.42. The van der Waals surface area contributed by atoms with Gasteiger partial charge in [-0.3, -0.25) is 9.59 Å². The molecule has 2 atom stereocenters. The van der Waals surface area contributed by atoms with E-state index in [0.717, 1.165) is 39.2 Å². The van der Waals surface area contributed by atoms with Crippen molar-refractivity contribution in [3.8, 4) is 0 Å². The molecule has 1 aliphatic rings. The Morgan fingerprint density at radius 1 is 0.941 bits per heavy atom. The molecule has 34 heavy (non-hydrogen) atoms. The first-order chi connectivity index (χ1) is 16.4. The molecule has 0 radical (unpaired) electrons. The molecular weight excluding hydrogens is 424 g/mol. The Kier molecular flexibility index (Phi) is 5.65. The quantitative estimate of drug-likeness (QED) is 0.445. The van der Waals surface area contributed by atoms with Crippen molar-refractivity contribution in [2.75, 3.05) is 5.32 Å². The number of anilines is 1. The predicted octanol–water partition coefficient (Wildman–Crippen LogP) is 5.33. The lowest BCUT2D eigenvalue weighted by Gasteiger charge is -2.38. The number of amides is 2. The zero-order valence-electron chi connectivity index (χ0n) is 19.7. The van der Waals surface area contributed by atoms with Crippen LogP contribution < -0.4 is 5.32 Å². The molecule has 0 saturated heterocycles. The molecule has 6 nitrogen and oxygen atoms in total. The number of nitrogens with zero attached hydrogens (tertiary/aromatic N) is 3. The third-order valence-electron chi connectivity index (χ3n) is 6.66. The van der Waals surface area contributed by atoms with Crippen molar-refractivity contribution in [1.82, 2.24) is 14.5 Å². The molecule has 0 unspecified atom stereocenters. The van der Waals surface area contributed by atoms with Gasteiger partial charge < -0.3 is 14.8 Å². The molecule has 6 heteroatoms. The van der Waals surface area contributed by atoms with Crippen LogP contribution in [0, 0.1) is 13.8 Å². The predicted molar refractivity (Wildman–Crippen MR) is 133 cm³/mol. The average molecular weight is 453 g/mol. The van der Waals surface area contributed by atoms with Crippen LogP contribution >= 0.6 is 0 Å². The standard InChI is InChI=1S/C28H28N4O2/c1-18-10-9-11-19(2)26(18)30-25(33)16-24-28(34)31(17-21-12-5-4-6-13-21)20(3)27-29-22-14-7-8-15-23(22)32(24)27/h4-15,20,24H,16-17H2,1-3H3,(H,30,33)/t20-,24-/m0/s1. The molecule has 0 saturated carbocycles. The summed E-state index contributed by atoms with van der Waals surface area (Å²) < 4.78 is 1.97. The SMILES string of the molecule is Cc1cccc(C)c1NC(=O)C[C@H]1C(=O)N(Cc2ccccc2)[C@@H](C)c2nc3ccccc3n21. The topological polar surface area (TPSA) is 67.2 Å². The number of fused-ring (bicyclic) bond motifs is 3. The number of carbonyl (C=O) groups is 2. The summed E-state index contributed by atoms with van der Waals surface area (Å²) in [7, 11) is 0. The van der Waals surface area contributed by atoms with Crippen molar-refractivity contribution in [2.45, 2.75) is 45.8 Å². The molecule has 4 aromatic rings. The van der Waals surface area contributed by atoms with Gasteiger partial charge >= 0.3 is 0 Å². The van der Waals surface area contributed by atoms with E-state index in [1.54, 1.807) is 0 Å². The minimum Gasteiger partial charge on any atom is -0.327 e. The first-order valence-corrected chi connectivity index (χ1v) is 11.6. The highest BCUT2D eigenvalue weighted by Gasteiger charge is 2.40. The Morgan fingerprint density at radius 2 is 1.62 bits per heavy atom. The van der Waals surface area contributed by atoms with Gasteiger partial charge in [0.05, 0.1) is 23.5 Å². The fourth-order valence-corrected chi connectivity index (χ4v) is 4.87. The van der Waals surface area contributed by atoms with Gasteiger partial charge in [0.15, 0.2) is 0 Å². The highest BCUT2D eigenvalue weighted by atomic mass is 16.2. The number of benzene rings is 3. The number of nitrogens with one attached hydrogen (secondary N) is 1. The van der Waals surface area contributed by atoms with E-state index in [1.807, 2.05) is 103 Å². The molecule has 2 amide bonds. The minimum absolute atomic E-state index is 0.0397. The first-order valence-electron chi connectivity index (χ1n) is 11.6. The van der Waals surface area contributed by atoms with E-state index in [-0.39, 0.29) is 24.3 Å². The molecule has 0 fully saturated rings. The van der Waals surface area contributed by atoms with E-state index in [0.29, 0.717) is 6.54 Å². The number of para-hydroxylation sites is 3. The minimum atomic E-state index is -0.661. The third-order valence-corrected chi connectivity index (χ3v) is 6.66. The van der Waals surface area contributed by atoms with Gasteiger partial charge in [0.2, 0.25) is 11.8 Å². The largest absolute Gasteiger partial charge is 0.327 e. The number of hydrogen-bond donors (Lipinski definition) is 1. The van der Waals surface area contributed by atoms with Crippen LogP contribution in [0.4, 0.5) is 5.69 Å². The zero-order chi connectivity index (χ0) is 23.8. The molecule has 5 rings (SSSR count). The Labute approximate surface area is 199 Å². The molecule has 1 aromatic heterocycles. The van der Waals surface area contributed by atoms with E-state index in [9.17, 15) is 9.59 Å². The Morgan fingerprint density at radius 3 is 2.35 bits per heavy atom. The number of rotatable bonds is 5. The van der Waals surface area contributed by atoms with Crippen LogP contribution in [0.2, 0.25) is 0 Å². The van der Waals surface area contributed by atoms with Gasteiger partial charge in [-0.05, 0) is 49.6 Å². The molecular formula is C28H28N4O2. The van der Waals surface area contributed by atoms with Crippen LogP contribution in [0.3, 0.4) is 0 Å². The maximum absolute atomic E-state index is 13.9. The summed E-state index contributed by atoms with van der Waals surface area (Å²) in [5.41, 5.74) is 5.56. The van der Waals surface area contributed by atoms with Crippen LogP contribution in [-0.4, -0.2) is 26.3 Å².